The van der Waals surface area contributed by atoms with E-state index in [1.54, 1.807) is 0 Å². The van der Waals surface area contributed by atoms with Gasteiger partial charge in [0, 0.05) is 31.8 Å². The molecule has 2 aliphatic rings. The van der Waals surface area contributed by atoms with Gasteiger partial charge in [-0.25, -0.2) is 8.42 Å². The van der Waals surface area contributed by atoms with Crippen molar-refractivity contribution in [2.75, 3.05) is 31.6 Å². The number of nitrogens with zero attached hydrogens (tertiary/aromatic N) is 1. The van der Waals surface area contributed by atoms with Crippen molar-refractivity contribution in [2.24, 2.45) is 5.92 Å². The van der Waals surface area contributed by atoms with Crippen molar-refractivity contribution in [3.8, 4) is 0 Å². The Balaban J connectivity index is 1.85. The van der Waals surface area contributed by atoms with Crippen molar-refractivity contribution in [3.05, 3.63) is 0 Å². The van der Waals surface area contributed by atoms with Crippen molar-refractivity contribution in [1.29, 1.82) is 0 Å². The second-order valence-corrected chi connectivity index (χ2v) is 7.40. The molecule has 1 amide bonds. The highest BCUT2D eigenvalue weighted by atomic mass is 32.2. The smallest absolute Gasteiger partial charge is 0.223 e. The SMILES string of the molecule is CS(=O)(=O)CCC(=O)N1C[C@@H]2CCCN[C@@H]2C1. The van der Waals surface area contributed by atoms with Gasteiger partial charge in [-0.2, -0.15) is 0 Å². The Hall–Kier alpha value is -0.620. The van der Waals surface area contributed by atoms with Gasteiger partial charge in [-0.15, -0.1) is 0 Å². The number of hydrogen-bond donors (Lipinski definition) is 1. The minimum absolute atomic E-state index is 0.0216. The van der Waals surface area contributed by atoms with Crippen molar-refractivity contribution in [3.63, 3.8) is 0 Å². The number of carbonyl (C=O) groups excluding carboxylic acids is 1. The first kappa shape index (κ1) is 12.8. The van der Waals surface area contributed by atoms with Crippen LogP contribution in [0.1, 0.15) is 19.3 Å². The average Bonchev–Trinajstić information content (AvgIpc) is 2.68. The van der Waals surface area contributed by atoms with Crippen LogP contribution < -0.4 is 5.32 Å². The highest BCUT2D eigenvalue weighted by Gasteiger charge is 2.36. The van der Waals surface area contributed by atoms with Gasteiger partial charge >= 0.3 is 0 Å². The third-order valence-electron chi connectivity index (χ3n) is 3.64. The minimum atomic E-state index is -3.04. The average molecular weight is 260 g/mol. The fourth-order valence-corrected chi connectivity index (χ4v) is 3.23. The molecule has 1 N–H and O–H groups in total. The second kappa shape index (κ2) is 4.94. The molecule has 2 aliphatic heterocycles. The lowest BCUT2D eigenvalue weighted by Crippen LogP contribution is -2.41. The lowest BCUT2D eigenvalue weighted by Gasteiger charge is -2.24. The second-order valence-electron chi connectivity index (χ2n) is 5.14. The number of fused-ring (bicyclic) bond motifs is 1. The van der Waals surface area contributed by atoms with Gasteiger partial charge < -0.3 is 10.2 Å². The molecule has 0 bridgehead atoms. The third-order valence-corrected chi connectivity index (χ3v) is 4.58. The van der Waals surface area contributed by atoms with Crippen LogP contribution in [0.4, 0.5) is 0 Å². The van der Waals surface area contributed by atoms with Gasteiger partial charge in [0.05, 0.1) is 5.75 Å². The number of nitrogens with one attached hydrogen (secondary N) is 1. The first-order valence-electron chi connectivity index (χ1n) is 6.14. The predicted molar refractivity (Wildman–Crippen MR) is 65.4 cm³/mol. The molecular formula is C11H20N2O3S. The van der Waals surface area contributed by atoms with Crippen LogP contribution in [-0.2, 0) is 14.6 Å². The van der Waals surface area contributed by atoms with E-state index in [1.807, 2.05) is 4.90 Å². The van der Waals surface area contributed by atoms with E-state index in [-0.39, 0.29) is 18.1 Å². The normalized spacial score (nSPS) is 29.1. The molecule has 2 fully saturated rings. The maximum Gasteiger partial charge on any atom is 0.223 e. The Bertz CT molecular complexity index is 380. The van der Waals surface area contributed by atoms with E-state index >= 15 is 0 Å². The first-order chi connectivity index (χ1) is 7.96. The molecule has 2 heterocycles. The van der Waals surface area contributed by atoms with E-state index in [9.17, 15) is 13.2 Å². The molecule has 0 saturated carbocycles. The van der Waals surface area contributed by atoms with Gasteiger partial charge in [-0.1, -0.05) is 0 Å². The van der Waals surface area contributed by atoms with E-state index in [0.29, 0.717) is 12.0 Å². The Morgan fingerprint density at radius 3 is 2.82 bits per heavy atom. The number of piperidine rings is 1. The number of hydrogen-bond acceptors (Lipinski definition) is 4. The molecule has 5 nitrogen and oxygen atoms in total. The predicted octanol–water partition coefficient (Wildman–Crippen LogP) is -0.368. The molecule has 0 spiro atoms. The van der Waals surface area contributed by atoms with Crippen molar-refractivity contribution in [2.45, 2.75) is 25.3 Å². The van der Waals surface area contributed by atoms with Crippen LogP contribution in [0, 0.1) is 5.92 Å². The highest BCUT2D eigenvalue weighted by molar-refractivity contribution is 7.90. The van der Waals surface area contributed by atoms with Crippen molar-refractivity contribution >= 4 is 15.7 Å². The first-order valence-corrected chi connectivity index (χ1v) is 8.20. The lowest BCUT2D eigenvalue weighted by molar-refractivity contribution is -0.129. The molecule has 6 heteroatoms. The molecule has 0 aromatic heterocycles. The van der Waals surface area contributed by atoms with E-state index in [2.05, 4.69) is 5.32 Å². The number of carbonyl (C=O) groups is 1. The summed E-state index contributed by atoms with van der Waals surface area (Å²) in [6.45, 7) is 2.57. The quantitative estimate of drug-likeness (QED) is 0.752. The number of sulfone groups is 1. The molecule has 0 aromatic rings. The summed E-state index contributed by atoms with van der Waals surface area (Å²) in [4.78, 5) is 13.7. The van der Waals surface area contributed by atoms with Crippen LogP contribution in [0.3, 0.4) is 0 Å². The number of likely N-dealkylation sites (tertiary alicyclic amines) is 1. The molecule has 0 aromatic carbocycles. The molecular weight excluding hydrogens is 240 g/mol. The minimum Gasteiger partial charge on any atom is -0.341 e. The zero-order valence-electron chi connectivity index (χ0n) is 10.2. The third kappa shape index (κ3) is 3.42. The Morgan fingerprint density at radius 2 is 2.18 bits per heavy atom. The Kier molecular flexibility index (Phi) is 3.73. The molecule has 0 aliphatic carbocycles. The van der Waals surface area contributed by atoms with E-state index in [4.69, 9.17) is 0 Å². The fraction of sp³-hybridized carbons (Fsp3) is 0.909. The van der Waals surface area contributed by atoms with Crippen LogP contribution in [0.5, 0.6) is 0 Å². The zero-order valence-corrected chi connectivity index (χ0v) is 11.0. The van der Waals surface area contributed by atoms with E-state index in [1.165, 1.54) is 19.1 Å². The summed E-state index contributed by atoms with van der Waals surface area (Å²) < 4.78 is 22.0. The molecule has 17 heavy (non-hydrogen) atoms. The van der Waals surface area contributed by atoms with Crippen molar-refractivity contribution < 1.29 is 13.2 Å². The fourth-order valence-electron chi connectivity index (χ4n) is 2.68. The molecule has 0 radical (unpaired) electrons. The van der Waals surface area contributed by atoms with E-state index < -0.39 is 9.84 Å². The lowest BCUT2D eigenvalue weighted by atomic mass is 9.94. The van der Waals surface area contributed by atoms with Gasteiger partial charge in [0.2, 0.25) is 5.91 Å². The van der Waals surface area contributed by atoms with Gasteiger partial charge in [-0.3, -0.25) is 4.79 Å². The summed E-state index contributed by atoms with van der Waals surface area (Å²) in [6.07, 6.45) is 3.64. The molecule has 2 rings (SSSR count). The van der Waals surface area contributed by atoms with Crippen molar-refractivity contribution in [1.82, 2.24) is 10.2 Å². The van der Waals surface area contributed by atoms with Gasteiger partial charge in [0.1, 0.15) is 9.84 Å². The van der Waals surface area contributed by atoms with Crippen LogP contribution in [-0.4, -0.2) is 56.9 Å². The van der Waals surface area contributed by atoms with Crippen LogP contribution in [0.2, 0.25) is 0 Å². The summed E-state index contributed by atoms with van der Waals surface area (Å²) in [5.74, 6) is 0.503. The summed E-state index contributed by atoms with van der Waals surface area (Å²) in [6, 6.07) is 0.422. The Labute approximate surface area is 102 Å². The topological polar surface area (TPSA) is 66.5 Å². The van der Waals surface area contributed by atoms with Gasteiger partial charge in [-0.05, 0) is 25.3 Å². The maximum absolute atomic E-state index is 11.9. The molecule has 98 valence electrons. The molecule has 2 saturated heterocycles. The van der Waals surface area contributed by atoms with Gasteiger partial charge in [0.15, 0.2) is 0 Å². The molecule has 0 unspecified atom stereocenters. The number of amides is 1. The van der Waals surface area contributed by atoms with Gasteiger partial charge in [0.25, 0.3) is 0 Å². The largest absolute Gasteiger partial charge is 0.341 e. The molecule has 2 atom stereocenters. The maximum atomic E-state index is 11.9. The number of rotatable bonds is 3. The van der Waals surface area contributed by atoms with E-state index in [0.717, 1.165) is 19.6 Å². The standard InChI is InChI=1S/C11H20N2O3S/c1-17(15,16)6-4-11(14)13-7-9-3-2-5-12-10(9)8-13/h9-10,12H,2-8H2,1H3/t9-,10+/m0/s1. The Morgan fingerprint density at radius 1 is 1.41 bits per heavy atom. The zero-order chi connectivity index (χ0) is 12.5. The monoisotopic (exact) mass is 260 g/mol. The summed E-state index contributed by atoms with van der Waals surface area (Å²) in [7, 11) is -3.04. The van der Waals surface area contributed by atoms with Crippen LogP contribution >= 0.6 is 0 Å². The van der Waals surface area contributed by atoms with Crippen LogP contribution in [0.25, 0.3) is 0 Å². The van der Waals surface area contributed by atoms with Crippen LogP contribution in [0.15, 0.2) is 0 Å². The highest BCUT2D eigenvalue weighted by Crippen LogP contribution is 2.25. The summed E-state index contributed by atoms with van der Waals surface area (Å²) in [5.41, 5.74) is 0. The summed E-state index contributed by atoms with van der Waals surface area (Å²) >= 11 is 0. The summed E-state index contributed by atoms with van der Waals surface area (Å²) in [5, 5.41) is 3.43.